The normalized spacial score (nSPS) is 11.0. The molecule has 0 spiro atoms. The lowest BCUT2D eigenvalue weighted by Crippen LogP contribution is -2.03. The fraction of sp³-hybridized carbons (Fsp3) is 0. The molecule has 46 heavy (non-hydrogen) atoms. The summed E-state index contributed by atoms with van der Waals surface area (Å²) in [6.45, 7) is 0. The minimum absolute atomic E-state index is 0.864. The highest BCUT2D eigenvalue weighted by atomic mass is 15.1. The lowest BCUT2D eigenvalue weighted by molar-refractivity contribution is 1.06. The number of fused-ring (bicyclic) bond motifs is 1. The molecule has 0 fully saturated rings. The van der Waals surface area contributed by atoms with Crippen LogP contribution in [0.5, 0.6) is 0 Å². The van der Waals surface area contributed by atoms with Gasteiger partial charge in [-0.3, -0.25) is 0 Å². The van der Waals surface area contributed by atoms with E-state index in [1.807, 2.05) is 12.1 Å². The number of rotatable bonds is 6. The first kappa shape index (κ1) is 27.4. The fourth-order valence-corrected chi connectivity index (χ4v) is 6.59. The number of benzene rings is 7. The van der Waals surface area contributed by atoms with Crippen LogP contribution in [-0.4, -0.2) is 10.2 Å². The molecule has 2 nitrogen and oxygen atoms in total. The van der Waals surface area contributed by atoms with Gasteiger partial charge in [-0.2, -0.15) is 0 Å². The minimum atomic E-state index is 0.864. The Balaban J connectivity index is 1.73. The molecule has 216 valence electrons. The van der Waals surface area contributed by atoms with Crippen molar-refractivity contribution in [1.82, 2.24) is 10.2 Å². The summed E-state index contributed by atoms with van der Waals surface area (Å²) in [7, 11) is 0. The molecule has 0 aliphatic rings. The van der Waals surface area contributed by atoms with E-state index < -0.39 is 0 Å². The van der Waals surface area contributed by atoms with Crippen molar-refractivity contribution in [3.05, 3.63) is 182 Å². The van der Waals surface area contributed by atoms with Gasteiger partial charge in [0.05, 0.1) is 0 Å². The Hall–Kier alpha value is -6.12. The second kappa shape index (κ2) is 12.1. The van der Waals surface area contributed by atoms with Gasteiger partial charge < -0.3 is 0 Å². The summed E-state index contributed by atoms with van der Waals surface area (Å²) in [6.07, 6.45) is 0. The Morgan fingerprint density at radius 1 is 0.217 bits per heavy atom. The molecule has 0 bridgehead atoms. The minimum Gasteiger partial charge on any atom is -0.149 e. The van der Waals surface area contributed by atoms with Crippen LogP contribution < -0.4 is 0 Å². The van der Waals surface area contributed by atoms with Gasteiger partial charge in [-0.25, -0.2) is 0 Å². The van der Waals surface area contributed by atoms with E-state index in [1.165, 1.54) is 11.1 Å². The summed E-state index contributed by atoms with van der Waals surface area (Å²) in [4.78, 5) is 0. The van der Waals surface area contributed by atoms with Crippen LogP contribution in [0.2, 0.25) is 0 Å². The monoisotopic (exact) mass is 586 g/mol. The predicted octanol–water partition coefficient (Wildman–Crippen LogP) is 11.6. The Morgan fingerprint density at radius 2 is 0.435 bits per heavy atom. The van der Waals surface area contributed by atoms with Crippen molar-refractivity contribution in [2.24, 2.45) is 0 Å². The first-order valence-electron chi connectivity index (χ1n) is 15.6. The standard InChI is InChI=1S/C44H30N2/c1-7-19-31(20-8-1)37-38(32-21-9-2-10-22-32)40(34-25-13-4-14-26-34)42-41(39(37)33-23-11-3-12-24-33)43(35-27-15-5-16-28-35)45-46-44(42)36-29-17-6-18-30-36/h1-30H. The zero-order valence-corrected chi connectivity index (χ0v) is 25.2. The highest BCUT2D eigenvalue weighted by Crippen LogP contribution is 2.54. The van der Waals surface area contributed by atoms with Crippen LogP contribution in [0.4, 0.5) is 0 Å². The molecule has 0 radical (unpaired) electrons. The molecule has 0 aliphatic carbocycles. The molecule has 7 aromatic carbocycles. The molecule has 0 N–H and O–H groups in total. The first-order chi connectivity index (χ1) is 22.9. The van der Waals surface area contributed by atoms with Gasteiger partial charge in [0, 0.05) is 33.0 Å². The smallest absolute Gasteiger partial charge is 0.101 e. The Labute approximate surface area is 269 Å². The number of nitrogens with zero attached hydrogens (tertiary/aromatic N) is 2. The summed E-state index contributed by atoms with van der Waals surface area (Å²) in [5.74, 6) is 0. The van der Waals surface area contributed by atoms with Gasteiger partial charge in [-0.05, 0) is 33.4 Å². The molecule has 0 saturated carbocycles. The molecule has 0 saturated heterocycles. The molecular formula is C44H30N2. The van der Waals surface area contributed by atoms with Gasteiger partial charge in [0.25, 0.3) is 0 Å². The Morgan fingerprint density at radius 3 is 0.696 bits per heavy atom. The van der Waals surface area contributed by atoms with E-state index in [2.05, 4.69) is 170 Å². The topological polar surface area (TPSA) is 25.8 Å². The third kappa shape index (κ3) is 4.87. The van der Waals surface area contributed by atoms with Crippen molar-refractivity contribution in [3.8, 4) is 67.0 Å². The molecule has 8 rings (SSSR count). The summed E-state index contributed by atoms with van der Waals surface area (Å²) >= 11 is 0. The van der Waals surface area contributed by atoms with E-state index in [1.54, 1.807) is 0 Å². The number of hydrogen-bond donors (Lipinski definition) is 0. The van der Waals surface area contributed by atoms with Gasteiger partial charge in [-0.1, -0.05) is 182 Å². The molecule has 1 aromatic heterocycles. The van der Waals surface area contributed by atoms with Crippen LogP contribution in [0.15, 0.2) is 182 Å². The maximum absolute atomic E-state index is 5.06. The van der Waals surface area contributed by atoms with Crippen LogP contribution in [0, 0.1) is 0 Å². The molecule has 0 amide bonds. The van der Waals surface area contributed by atoms with Gasteiger partial charge >= 0.3 is 0 Å². The highest BCUT2D eigenvalue weighted by Gasteiger charge is 2.28. The number of hydrogen-bond acceptors (Lipinski definition) is 2. The third-order valence-electron chi connectivity index (χ3n) is 8.57. The maximum atomic E-state index is 5.06. The third-order valence-corrected chi connectivity index (χ3v) is 8.57. The fourth-order valence-electron chi connectivity index (χ4n) is 6.59. The largest absolute Gasteiger partial charge is 0.149 e. The molecule has 2 heteroatoms. The Kier molecular flexibility index (Phi) is 7.22. The molecule has 0 aliphatic heterocycles. The molecule has 8 aromatic rings. The van der Waals surface area contributed by atoms with Gasteiger partial charge in [-0.15, -0.1) is 10.2 Å². The van der Waals surface area contributed by atoms with Crippen molar-refractivity contribution in [2.45, 2.75) is 0 Å². The van der Waals surface area contributed by atoms with E-state index in [0.717, 1.165) is 66.7 Å². The van der Waals surface area contributed by atoms with E-state index in [4.69, 9.17) is 10.2 Å². The van der Waals surface area contributed by atoms with Gasteiger partial charge in [0.15, 0.2) is 0 Å². The zero-order chi connectivity index (χ0) is 30.7. The van der Waals surface area contributed by atoms with Crippen molar-refractivity contribution in [1.29, 1.82) is 0 Å². The maximum Gasteiger partial charge on any atom is 0.101 e. The second-order valence-corrected chi connectivity index (χ2v) is 11.3. The lowest BCUT2D eigenvalue weighted by Gasteiger charge is -2.26. The van der Waals surface area contributed by atoms with Gasteiger partial charge in [0.2, 0.25) is 0 Å². The van der Waals surface area contributed by atoms with E-state index in [-0.39, 0.29) is 0 Å². The lowest BCUT2D eigenvalue weighted by atomic mass is 9.77. The molecular weight excluding hydrogens is 556 g/mol. The van der Waals surface area contributed by atoms with Crippen molar-refractivity contribution in [2.75, 3.05) is 0 Å². The summed E-state index contributed by atoms with van der Waals surface area (Å²) in [6, 6.07) is 64.0. The summed E-state index contributed by atoms with van der Waals surface area (Å²) in [5.41, 5.74) is 13.0. The zero-order valence-electron chi connectivity index (χ0n) is 25.2. The van der Waals surface area contributed by atoms with Crippen LogP contribution in [0.3, 0.4) is 0 Å². The second-order valence-electron chi connectivity index (χ2n) is 11.3. The van der Waals surface area contributed by atoms with Crippen molar-refractivity contribution in [3.63, 3.8) is 0 Å². The number of aromatic nitrogens is 2. The van der Waals surface area contributed by atoms with E-state index in [9.17, 15) is 0 Å². The molecule has 0 atom stereocenters. The summed E-state index contributed by atoms with van der Waals surface area (Å²) in [5, 5.41) is 12.3. The van der Waals surface area contributed by atoms with Crippen molar-refractivity contribution < 1.29 is 0 Å². The van der Waals surface area contributed by atoms with Crippen LogP contribution in [0.1, 0.15) is 0 Å². The average Bonchev–Trinajstić information content (AvgIpc) is 3.15. The molecule has 1 heterocycles. The van der Waals surface area contributed by atoms with Crippen LogP contribution >= 0.6 is 0 Å². The Bertz CT molecular complexity index is 2080. The van der Waals surface area contributed by atoms with Gasteiger partial charge in [0.1, 0.15) is 11.4 Å². The SMILES string of the molecule is c1ccc(-c2c(-c3ccccc3)c(-c3ccccc3)c3c(-c4ccccc4)nnc(-c4ccccc4)c3c2-c2ccccc2)cc1. The quantitative estimate of drug-likeness (QED) is 0.194. The van der Waals surface area contributed by atoms with E-state index >= 15 is 0 Å². The first-order valence-corrected chi connectivity index (χ1v) is 15.6. The average molecular weight is 587 g/mol. The van der Waals surface area contributed by atoms with Crippen LogP contribution in [-0.2, 0) is 0 Å². The van der Waals surface area contributed by atoms with Crippen LogP contribution in [0.25, 0.3) is 77.8 Å². The predicted molar refractivity (Wildman–Crippen MR) is 192 cm³/mol. The van der Waals surface area contributed by atoms with Crippen molar-refractivity contribution >= 4 is 10.8 Å². The molecule has 0 unspecified atom stereocenters. The highest BCUT2D eigenvalue weighted by molar-refractivity contribution is 6.24. The summed E-state index contributed by atoms with van der Waals surface area (Å²) < 4.78 is 0. The van der Waals surface area contributed by atoms with E-state index in [0.29, 0.717) is 0 Å².